The van der Waals surface area contributed by atoms with Gasteiger partial charge in [0.2, 0.25) is 5.91 Å². The fraction of sp³-hybridized carbons (Fsp3) is 0.318. The van der Waals surface area contributed by atoms with Gasteiger partial charge in [0.1, 0.15) is 5.82 Å². The molecule has 0 bridgehead atoms. The van der Waals surface area contributed by atoms with Gasteiger partial charge in [-0.05, 0) is 55.6 Å². The fourth-order valence-electron chi connectivity index (χ4n) is 3.36. The Balaban J connectivity index is 1.52. The molecule has 2 aromatic carbocycles. The zero-order valence-corrected chi connectivity index (χ0v) is 14.9. The molecule has 1 aliphatic rings. The molecule has 136 valence electrons. The van der Waals surface area contributed by atoms with E-state index >= 15 is 0 Å². The van der Waals surface area contributed by atoms with Gasteiger partial charge in [-0.25, -0.2) is 4.39 Å². The molecule has 1 amide bonds. The van der Waals surface area contributed by atoms with Crippen LogP contribution in [0.25, 0.3) is 0 Å². The van der Waals surface area contributed by atoms with Crippen LogP contribution in [-0.2, 0) is 11.3 Å². The third kappa shape index (κ3) is 4.20. The molecular formula is C22H25FN2O. The van der Waals surface area contributed by atoms with Gasteiger partial charge in [0.15, 0.2) is 0 Å². The quantitative estimate of drug-likeness (QED) is 0.535. The highest BCUT2D eigenvalue weighted by Crippen LogP contribution is 2.48. The second-order valence-corrected chi connectivity index (χ2v) is 6.91. The number of rotatable bonds is 8. The first-order valence-corrected chi connectivity index (χ1v) is 9.10. The summed E-state index contributed by atoms with van der Waals surface area (Å²) in [5.74, 6) is -0.335. The van der Waals surface area contributed by atoms with E-state index in [9.17, 15) is 9.18 Å². The molecule has 0 heterocycles. The Labute approximate surface area is 154 Å². The lowest BCUT2D eigenvalue weighted by molar-refractivity contribution is -0.127. The van der Waals surface area contributed by atoms with Crippen molar-refractivity contribution >= 4 is 11.6 Å². The summed E-state index contributed by atoms with van der Waals surface area (Å²) in [6.07, 6.45) is 3.46. The molecule has 1 fully saturated rings. The maximum Gasteiger partial charge on any atom is 0.234 e. The molecule has 0 unspecified atom stereocenters. The van der Waals surface area contributed by atoms with E-state index in [0.29, 0.717) is 5.69 Å². The normalized spacial score (nSPS) is 15.1. The molecule has 0 aromatic heterocycles. The average molecular weight is 352 g/mol. The molecule has 3 rings (SSSR count). The zero-order valence-electron chi connectivity index (χ0n) is 14.9. The van der Waals surface area contributed by atoms with E-state index in [2.05, 4.69) is 29.3 Å². The van der Waals surface area contributed by atoms with Crippen molar-refractivity contribution in [3.8, 4) is 0 Å². The molecule has 0 atom stereocenters. The van der Waals surface area contributed by atoms with Crippen LogP contribution in [0, 0.1) is 11.2 Å². The average Bonchev–Trinajstić information content (AvgIpc) is 2.61. The van der Waals surface area contributed by atoms with Crippen LogP contribution in [0.2, 0.25) is 0 Å². The largest absolute Gasteiger partial charge is 0.325 e. The summed E-state index contributed by atoms with van der Waals surface area (Å²) in [5.41, 5.74) is 2.36. The smallest absolute Gasteiger partial charge is 0.234 e. The van der Waals surface area contributed by atoms with Crippen LogP contribution >= 0.6 is 0 Å². The molecule has 26 heavy (non-hydrogen) atoms. The van der Waals surface area contributed by atoms with E-state index in [4.69, 9.17) is 0 Å². The molecular weight excluding hydrogens is 327 g/mol. The Bertz CT molecular complexity index is 751. The van der Waals surface area contributed by atoms with Gasteiger partial charge >= 0.3 is 0 Å². The van der Waals surface area contributed by atoms with Gasteiger partial charge in [-0.1, -0.05) is 48.9 Å². The van der Waals surface area contributed by atoms with Gasteiger partial charge in [-0.15, -0.1) is 0 Å². The van der Waals surface area contributed by atoms with Crippen molar-refractivity contribution in [1.29, 1.82) is 0 Å². The SMILES string of the molecule is C=C(CCNCc1ccccc1)C1(C(=O)Nc2ccc(F)cc2)CCC1. The van der Waals surface area contributed by atoms with E-state index in [-0.39, 0.29) is 11.7 Å². The Kier molecular flexibility index (Phi) is 5.84. The first-order valence-electron chi connectivity index (χ1n) is 9.10. The zero-order chi connectivity index (χ0) is 18.4. The van der Waals surface area contributed by atoms with Crippen LogP contribution in [0.15, 0.2) is 66.7 Å². The lowest BCUT2D eigenvalue weighted by Crippen LogP contribution is -2.43. The minimum Gasteiger partial charge on any atom is -0.325 e. The van der Waals surface area contributed by atoms with Gasteiger partial charge in [-0.3, -0.25) is 4.79 Å². The van der Waals surface area contributed by atoms with Crippen molar-refractivity contribution in [3.05, 3.63) is 78.1 Å². The number of nitrogens with one attached hydrogen (secondary N) is 2. The van der Waals surface area contributed by atoms with Crippen LogP contribution in [0.4, 0.5) is 10.1 Å². The molecule has 4 heteroatoms. The van der Waals surface area contributed by atoms with Crippen molar-refractivity contribution < 1.29 is 9.18 Å². The monoisotopic (exact) mass is 352 g/mol. The van der Waals surface area contributed by atoms with Crippen LogP contribution in [0.3, 0.4) is 0 Å². The first kappa shape index (κ1) is 18.3. The van der Waals surface area contributed by atoms with Crippen LogP contribution in [-0.4, -0.2) is 12.5 Å². The summed E-state index contributed by atoms with van der Waals surface area (Å²) in [6.45, 7) is 5.81. The van der Waals surface area contributed by atoms with Crippen LogP contribution < -0.4 is 10.6 Å². The van der Waals surface area contributed by atoms with E-state index < -0.39 is 5.41 Å². The highest BCUT2D eigenvalue weighted by Gasteiger charge is 2.45. The van der Waals surface area contributed by atoms with Gasteiger partial charge in [0, 0.05) is 12.2 Å². The molecule has 3 nitrogen and oxygen atoms in total. The van der Waals surface area contributed by atoms with Crippen molar-refractivity contribution in [2.45, 2.75) is 32.2 Å². The third-order valence-electron chi connectivity index (χ3n) is 5.20. The van der Waals surface area contributed by atoms with E-state index in [0.717, 1.165) is 44.3 Å². The maximum atomic E-state index is 13.0. The van der Waals surface area contributed by atoms with Crippen molar-refractivity contribution in [1.82, 2.24) is 5.32 Å². The lowest BCUT2D eigenvalue weighted by atomic mass is 9.63. The van der Waals surface area contributed by atoms with Crippen LogP contribution in [0.1, 0.15) is 31.2 Å². The highest BCUT2D eigenvalue weighted by molar-refractivity contribution is 5.98. The number of halogens is 1. The molecule has 1 aliphatic carbocycles. The number of benzene rings is 2. The second kappa shape index (κ2) is 8.28. The molecule has 1 saturated carbocycles. The minimum absolute atomic E-state index is 0.0246. The van der Waals surface area contributed by atoms with Crippen molar-refractivity contribution in [3.63, 3.8) is 0 Å². The molecule has 0 radical (unpaired) electrons. The number of hydrogen-bond donors (Lipinski definition) is 2. The Morgan fingerprint density at radius 1 is 1.08 bits per heavy atom. The Morgan fingerprint density at radius 3 is 2.38 bits per heavy atom. The third-order valence-corrected chi connectivity index (χ3v) is 5.20. The summed E-state index contributed by atoms with van der Waals surface area (Å²) < 4.78 is 13.0. The molecule has 0 aliphatic heterocycles. The molecule has 0 spiro atoms. The number of anilines is 1. The van der Waals surface area contributed by atoms with Gasteiger partial charge in [-0.2, -0.15) is 0 Å². The van der Waals surface area contributed by atoms with E-state index in [1.54, 1.807) is 12.1 Å². The summed E-state index contributed by atoms with van der Waals surface area (Å²) in [5, 5.41) is 6.34. The first-order chi connectivity index (χ1) is 12.6. The number of carbonyl (C=O) groups excluding carboxylic acids is 1. The second-order valence-electron chi connectivity index (χ2n) is 6.91. The summed E-state index contributed by atoms with van der Waals surface area (Å²) >= 11 is 0. The molecule has 0 saturated heterocycles. The molecule has 2 N–H and O–H groups in total. The summed E-state index contributed by atoms with van der Waals surface area (Å²) in [7, 11) is 0. The standard InChI is InChI=1S/C22H25FN2O/c1-17(12-15-24-16-18-6-3-2-4-7-18)22(13-5-14-22)21(26)25-20-10-8-19(23)9-11-20/h2-4,6-11,24H,1,5,12-16H2,(H,25,26). The topological polar surface area (TPSA) is 41.1 Å². The van der Waals surface area contributed by atoms with E-state index in [1.807, 2.05) is 18.2 Å². The van der Waals surface area contributed by atoms with Gasteiger partial charge < -0.3 is 10.6 Å². The molecule has 2 aromatic rings. The lowest BCUT2D eigenvalue weighted by Gasteiger charge is -2.42. The van der Waals surface area contributed by atoms with Gasteiger partial charge in [0.25, 0.3) is 0 Å². The predicted molar refractivity (Wildman–Crippen MR) is 103 cm³/mol. The minimum atomic E-state index is -0.483. The predicted octanol–water partition coefficient (Wildman–Crippen LogP) is 4.67. The fourth-order valence-corrected chi connectivity index (χ4v) is 3.36. The Hall–Kier alpha value is -2.46. The maximum absolute atomic E-state index is 13.0. The van der Waals surface area contributed by atoms with Crippen molar-refractivity contribution in [2.75, 3.05) is 11.9 Å². The van der Waals surface area contributed by atoms with Gasteiger partial charge in [0.05, 0.1) is 5.41 Å². The number of amides is 1. The highest BCUT2D eigenvalue weighted by atomic mass is 19.1. The summed E-state index contributed by atoms with van der Waals surface area (Å²) in [4.78, 5) is 12.8. The van der Waals surface area contributed by atoms with Crippen LogP contribution in [0.5, 0.6) is 0 Å². The van der Waals surface area contributed by atoms with E-state index in [1.165, 1.54) is 17.7 Å². The number of hydrogen-bond acceptors (Lipinski definition) is 2. The summed E-state index contributed by atoms with van der Waals surface area (Å²) in [6, 6.07) is 16.1. The van der Waals surface area contributed by atoms with Crippen molar-refractivity contribution in [2.24, 2.45) is 5.41 Å². The Morgan fingerprint density at radius 2 is 1.77 bits per heavy atom. The number of carbonyl (C=O) groups is 1.